The Balaban J connectivity index is 1.34. The fourth-order valence-corrected chi connectivity index (χ4v) is 6.16. The Hall–Kier alpha value is -3.74. The zero-order chi connectivity index (χ0) is 25.9. The number of rotatable bonds is 3. The molecule has 0 fully saturated rings. The molecule has 12 heteroatoms. The average Bonchev–Trinajstić information content (AvgIpc) is 3.17. The molecule has 10 nitrogen and oxygen atoms in total. The Bertz CT molecular complexity index is 1570. The minimum Gasteiger partial charge on any atom is -0.380 e. The van der Waals surface area contributed by atoms with Crippen molar-refractivity contribution in [1.82, 2.24) is 24.6 Å². The van der Waals surface area contributed by atoms with Gasteiger partial charge in [-0.2, -0.15) is 5.10 Å². The molecule has 5 heterocycles. The smallest absolute Gasteiger partial charge is 0.244 e. The second kappa shape index (κ2) is 8.68. The topological polar surface area (TPSA) is 128 Å². The molecule has 6 rings (SSSR count). The van der Waals surface area contributed by atoms with Gasteiger partial charge >= 0.3 is 0 Å². The van der Waals surface area contributed by atoms with Crippen molar-refractivity contribution in [2.75, 3.05) is 36.5 Å². The van der Waals surface area contributed by atoms with Crippen molar-refractivity contribution in [2.45, 2.75) is 24.9 Å². The van der Waals surface area contributed by atoms with Gasteiger partial charge in [-0.15, -0.1) is 10.6 Å². The quantitative estimate of drug-likeness (QED) is 0.314. The van der Waals surface area contributed by atoms with Crippen LogP contribution in [-0.4, -0.2) is 65.6 Å². The molecule has 2 aliphatic heterocycles. The van der Waals surface area contributed by atoms with Gasteiger partial charge in [0.25, 0.3) is 0 Å². The molecule has 0 saturated heterocycles. The Labute approximate surface area is 213 Å². The monoisotopic (exact) mass is 523 g/mol. The van der Waals surface area contributed by atoms with E-state index in [4.69, 9.17) is 0 Å². The minimum atomic E-state index is -2.97. The summed E-state index contributed by atoms with van der Waals surface area (Å²) < 4.78 is 37.7. The summed E-state index contributed by atoms with van der Waals surface area (Å²) in [5, 5.41) is 12.5. The first kappa shape index (κ1) is 23.6. The Morgan fingerprint density at radius 3 is 2.76 bits per heavy atom. The zero-order valence-corrected chi connectivity index (χ0v) is 21.1. The van der Waals surface area contributed by atoms with Crippen LogP contribution in [0.25, 0.3) is 21.9 Å². The maximum atomic E-state index is 15.2. The van der Waals surface area contributed by atoms with Crippen LogP contribution >= 0.6 is 10.6 Å². The van der Waals surface area contributed by atoms with E-state index in [1.807, 2.05) is 19.1 Å². The zero-order valence-electron chi connectivity index (χ0n) is 20.3. The maximum absolute atomic E-state index is 15.2. The molecule has 0 atom stereocenters. The lowest BCUT2D eigenvalue weighted by atomic mass is 9.98. The van der Waals surface area contributed by atoms with Crippen LogP contribution in [0.5, 0.6) is 0 Å². The van der Waals surface area contributed by atoms with E-state index in [0.29, 0.717) is 58.9 Å². The summed E-state index contributed by atoms with van der Waals surface area (Å²) in [6.07, 6.45) is 3.80. The van der Waals surface area contributed by atoms with Crippen molar-refractivity contribution >= 4 is 44.6 Å². The lowest BCUT2D eigenvalue weighted by Gasteiger charge is -2.37. The van der Waals surface area contributed by atoms with Gasteiger partial charge in [0.2, 0.25) is 5.91 Å². The lowest BCUT2D eigenvalue weighted by molar-refractivity contribution is -0.130. The molecule has 0 bridgehead atoms. The SMILES string of the molecule is Cc1c(-c2cc3cc(Nc4cc5n(n4)CC(=O)N(C)CC5)ncc3cc2F)cnc2c1NCCS2(O)O. The highest BCUT2D eigenvalue weighted by Crippen LogP contribution is 2.54. The Morgan fingerprint density at radius 1 is 1.08 bits per heavy atom. The Morgan fingerprint density at radius 2 is 1.92 bits per heavy atom. The van der Waals surface area contributed by atoms with Crippen LogP contribution < -0.4 is 10.6 Å². The summed E-state index contributed by atoms with van der Waals surface area (Å²) in [5.41, 5.74) is 3.14. The number of hydrogen-bond donors (Lipinski definition) is 4. The fraction of sp³-hybridized carbons (Fsp3) is 0.280. The first-order chi connectivity index (χ1) is 17.7. The van der Waals surface area contributed by atoms with Crippen molar-refractivity contribution in [2.24, 2.45) is 0 Å². The molecule has 0 unspecified atom stereocenters. The second-order valence-electron chi connectivity index (χ2n) is 9.39. The summed E-state index contributed by atoms with van der Waals surface area (Å²) in [7, 11) is -1.18. The van der Waals surface area contributed by atoms with E-state index in [1.54, 1.807) is 28.9 Å². The van der Waals surface area contributed by atoms with E-state index >= 15 is 4.39 Å². The first-order valence-corrected chi connectivity index (χ1v) is 13.6. The van der Waals surface area contributed by atoms with Crippen LogP contribution in [0.4, 0.5) is 21.7 Å². The minimum absolute atomic E-state index is 0.0130. The van der Waals surface area contributed by atoms with E-state index in [2.05, 4.69) is 25.7 Å². The number of likely N-dealkylation sites (N-methyl/N-ethyl adjacent to an activating group) is 1. The van der Waals surface area contributed by atoms with E-state index in [9.17, 15) is 13.9 Å². The van der Waals surface area contributed by atoms with Gasteiger partial charge in [0.05, 0.1) is 11.4 Å². The van der Waals surface area contributed by atoms with Crippen molar-refractivity contribution in [3.8, 4) is 11.1 Å². The number of nitrogens with one attached hydrogen (secondary N) is 2. The van der Waals surface area contributed by atoms with Crippen molar-refractivity contribution < 1.29 is 18.3 Å². The Kier molecular flexibility index (Phi) is 5.55. The molecule has 37 heavy (non-hydrogen) atoms. The van der Waals surface area contributed by atoms with Gasteiger partial charge < -0.3 is 15.5 Å². The van der Waals surface area contributed by atoms with Gasteiger partial charge in [-0.05, 0) is 36.1 Å². The van der Waals surface area contributed by atoms with Crippen LogP contribution in [0.2, 0.25) is 0 Å². The first-order valence-electron chi connectivity index (χ1n) is 11.9. The summed E-state index contributed by atoms with van der Waals surface area (Å²) in [4.78, 5) is 22.6. The molecule has 4 aromatic rings. The summed E-state index contributed by atoms with van der Waals surface area (Å²) in [5.74, 6) is 0.916. The predicted molar refractivity (Wildman–Crippen MR) is 141 cm³/mol. The molecule has 0 radical (unpaired) electrons. The van der Waals surface area contributed by atoms with Gasteiger partial charge in [0, 0.05) is 67.2 Å². The van der Waals surface area contributed by atoms with Crippen molar-refractivity contribution in [1.29, 1.82) is 0 Å². The number of amides is 1. The molecule has 2 aliphatic rings. The number of fused-ring (bicyclic) bond motifs is 3. The third-order valence-electron chi connectivity index (χ3n) is 6.93. The highest BCUT2D eigenvalue weighted by molar-refractivity contribution is 8.24. The molecule has 1 aromatic carbocycles. The molecular formula is C25H26FN7O3S. The van der Waals surface area contributed by atoms with Gasteiger partial charge in [-0.3, -0.25) is 18.6 Å². The van der Waals surface area contributed by atoms with E-state index in [0.717, 1.165) is 11.1 Å². The lowest BCUT2D eigenvalue weighted by Crippen LogP contribution is -2.29. The summed E-state index contributed by atoms with van der Waals surface area (Å²) >= 11 is 0. The number of carbonyl (C=O) groups is 1. The van der Waals surface area contributed by atoms with Crippen molar-refractivity contribution in [3.05, 3.63) is 53.7 Å². The normalized spacial score (nSPS) is 17.5. The number of anilines is 3. The van der Waals surface area contributed by atoms with Crippen LogP contribution in [0, 0.1) is 12.7 Å². The molecule has 3 aromatic heterocycles. The van der Waals surface area contributed by atoms with Crippen LogP contribution in [0.3, 0.4) is 0 Å². The van der Waals surface area contributed by atoms with Gasteiger partial charge in [0.15, 0.2) is 10.8 Å². The van der Waals surface area contributed by atoms with E-state index in [1.165, 1.54) is 12.3 Å². The number of hydrogen-bond acceptors (Lipinski definition) is 8. The van der Waals surface area contributed by atoms with E-state index < -0.39 is 16.4 Å². The van der Waals surface area contributed by atoms with Gasteiger partial charge in [0.1, 0.15) is 18.2 Å². The standard InChI is InChI=1S/C25H26FN7O3S/c1-14-19(12-29-25-24(14)27-4-6-37(25,35)36)18-7-15-9-21(28-11-16(15)8-20(18)26)30-22-10-17-3-5-32(2)23(34)13-33(17)31-22/h7-12,27,35-36H,3-6,13H2,1-2H3,(H,28,30,31). The van der Waals surface area contributed by atoms with Crippen LogP contribution in [-0.2, 0) is 17.8 Å². The predicted octanol–water partition coefficient (Wildman–Crippen LogP) is 4.23. The highest BCUT2D eigenvalue weighted by atomic mass is 32.3. The number of aromatic nitrogens is 4. The number of benzene rings is 1. The largest absolute Gasteiger partial charge is 0.380 e. The third kappa shape index (κ3) is 4.16. The number of nitrogens with zero attached hydrogens (tertiary/aromatic N) is 5. The highest BCUT2D eigenvalue weighted by Gasteiger charge is 2.28. The molecule has 192 valence electrons. The average molecular weight is 524 g/mol. The number of carbonyl (C=O) groups excluding carboxylic acids is 1. The second-order valence-corrected chi connectivity index (χ2v) is 11.5. The number of pyridine rings is 2. The molecule has 0 aliphatic carbocycles. The van der Waals surface area contributed by atoms with Gasteiger partial charge in [-0.25, -0.2) is 14.4 Å². The maximum Gasteiger partial charge on any atom is 0.244 e. The van der Waals surface area contributed by atoms with Crippen LogP contribution in [0.15, 0.2) is 41.7 Å². The molecule has 4 N–H and O–H groups in total. The summed E-state index contributed by atoms with van der Waals surface area (Å²) in [6.45, 7) is 3.06. The molecular weight excluding hydrogens is 497 g/mol. The van der Waals surface area contributed by atoms with Crippen LogP contribution in [0.1, 0.15) is 11.3 Å². The molecule has 0 spiro atoms. The summed E-state index contributed by atoms with van der Waals surface area (Å²) in [6, 6.07) is 6.90. The fourth-order valence-electron chi connectivity index (χ4n) is 4.80. The number of halogens is 1. The van der Waals surface area contributed by atoms with E-state index in [-0.39, 0.29) is 23.2 Å². The van der Waals surface area contributed by atoms with Gasteiger partial charge in [-0.1, -0.05) is 0 Å². The third-order valence-corrected chi connectivity index (χ3v) is 8.64. The molecule has 0 saturated carbocycles. The molecule has 1 amide bonds. The van der Waals surface area contributed by atoms with Crippen molar-refractivity contribution in [3.63, 3.8) is 0 Å².